The number of piperazine rings is 1. The van der Waals surface area contributed by atoms with Gasteiger partial charge in [0.05, 0.1) is 11.0 Å². The lowest BCUT2D eigenvalue weighted by Crippen LogP contribution is -2.57. The van der Waals surface area contributed by atoms with Crippen molar-refractivity contribution < 1.29 is 8.42 Å². The lowest BCUT2D eigenvalue weighted by Gasteiger charge is -2.43. The van der Waals surface area contributed by atoms with Gasteiger partial charge < -0.3 is 5.73 Å². The van der Waals surface area contributed by atoms with E-state index in [0.717, 1.165) is 26.2 Å². The van der Waals surface area contributed by atoms with Gasteiger partial charge in [0.1, 0.15) is 0 Å². The van der Waals surface area contributed by atoms with Crippen LogP contribution in [0.1, 0.15) is 27.7 Å². The van der Waals surface area contributed by atoms with E-state index in [0.29, 0.717) is 13.1 Å². The van der Waals surface area contributed by atoms with Gasteiger partial charge in [0.25, 0.3) is 0 Å². The van der Waals surface area contributed by atoms with Gasteiger partial charge in [-0.25, -0.2) is 8.42 Å². The Kier molecular flexibility index (Phi) is 5.79. The molecular formula is C13H29N3O2S. The second-order valence-corrected chi connectivity index (χ2v) is 8.94. The first kappa shape index (κ1) is 16.9. The summed E-state index contributed by atoms with van der Waals surface area (Å²) in [5, 5.41) is -0.273. The van der Waals surface area contributed by atoms with Gasteiger partial charge in [-0.2, -0.15) is 0 Å². The smallest absolute Gasteiger partial charge is 0.153 e. The molecule has 0 unspecified atom stereocenters. The molecule has 19 heavy (non-hydrogen) atoms. The van der Waals surface area contributed by atoms with Crippen molar-refractivity contribution in [2.24, 2.45) is 5.73 Å². The van der Waals surface area contributed by atoms with Crippen LogP contribution >= 0.6 is 0 Å². The van der Waals surface area contributed by atoms with Crippen molar-refractivity contribution in [2.75, 3.05) is 45.0 Å². The fourth-order valence-electron chi connectivity index (χ4n) is 2.20. The SMILES string of the molecule is CC(C)S(=O)(=O)CCN1CCN(C(C)(C)CN)CC1. The summed E-state index contributed by atoms with van der Waals surface area (Å²) in [5.41, 5.74) is 5.82. The van der Waals surface area contributed by atoms with Crippen LogP contribution in [-0.4, -0.2) is 74.0 Å². The van der Waals surface area contributed by atoms with E-state index in [4.69, 9.17) is 5.73 Å². The second-order valence-electron chi connectivity index (χ2n) is 6.26. The van der Waals surface area contributed by atoms with Crippen LogP contribution in [0.5, 0.6) is 0 Å². The Hall–Kier alpha value is -0.170. The molecule has 0 atom stereocenters. The maximum atomic E-state index is 11.8. The maximum absolute atomic E-state index is 11.8. The highest BCUT2D eigenvalue weighted by atomic mass is 32.2. The quantitative estimate of drug-likeness (QED) is 0.755. The van der Waals surface area contributed by atoms with Crippen LogP contribution < -0.4 is 5.73 Å². The van der Waals surface area contributed by atoms with Crippen molar-refractivity contribution in [1.29, 1.82) is 0 Å². The third-order valence-electron chi connectivity index (χ3n) is 4.14. The molecule has 0 radical (unpaired) electrons. The first-order valence-electron chi connectivity index (χ1n) is 7.08. The summed E-state index contributed by atoms with van der Waals surface area (Å²) in [4.78, 5) is 4.63. The summed E-state index contributed by atoms with van der Waals surface area (Å²) in [6.07, 6.45) is 0. The number of sulfone groups is 1. The predicted molar refractivity (Wildman–Crippen MR) is 80.1 cm³/mol. The standard InChI is InChI=1S/C13H29N3O2S/c1-12(2)19(17,18)10-9-15-5-7-16(8-6-15)13(3,4)11-14/h12H,5-11,14H2,1-4H3. The monoisotopic (exact) mass is 291 g/mol. The summed E-state index contributed by atoms with van der Waals surface area (Å²) in [6.45, 7) is 12.9. The molecule has 5 nitrogen and oxygen atoms in total. The first-order valence-corrected chi connectivity index (χ1v) is 8.79. The van der Waals surface area contributed by atoms with E-state index in [-0.39, 0.29) is 16.5 Å². The van der Waals surface area contributed by atoms with Crippen LogP contribution in [0.25, 0.3) is 0 Å². The van der Waals surface area contributed by atoms with E-state index in [1.165, 1.54) is 0 Å². The number of hydrogen-bond donors (Lipinski definition) is 1. The molecule has 2 N–H and O–H groups in total. The molecular weight excluding hydrogens is 262 g/mol. The van der Waals surface area contributed by atoms with Crippen molar-refractivity contribution >= 4 is 9.84 Å². The van der Waals surface area contributed by atoms with E-state index in [1.54, 1.807) is 13.8 Å². The predicted octanol–water partition coefficient (Wildman–Crippen LogP) is 0.165. The third-order valence-corrected chi connectivity index (χ3v) is 6.33. The number of nitrogens with two attached hydrogens (primary N) is 1. The molecule has 6 heteroatoms. The third kappa shape index (κ3) is 4.70. The van der Waals surface area contributed by atoms with Crippen molar-refractivity contribution in [3.8, 4) is 0 Å². The van der Waals surface area contributed by atoms with Crippen LogP contribution in [0.2, 0.25) is 0 Å². The van der Waals surface area contributed by atoms with Gasteiger partial charge >= 0.3 is 0 Å². The molecule has 0 saturated carbocycles. The highest BCUT2D eigenvalue weighted by molar-refractivity contribution is 7.92. The Morgan fingerprint density at radius 1 is 1.16 bits per heavy atom. The van der Waals surface area contributed by atoms with Crippen LogP contribution in [-0.2, 0) is 9.84 Å². The Labute approximate surface area is 118 Å². The van der Waals surface area contributed by atoms with E-state index in [2.05, 4.69) is 23.6 Å². The minimum Gasteiger partial charge on any atom is -0.329 e. The van der Waals surface area contributed by atoms with Crippen LogP contribution in [0, 0.1) is 0 Å². The zero-order chi connectivity index (χ0) is 14.7. The first-order chi connectivity index (χ1) is 8.69. The minimum atomic E-state index is -2.92. The van der Waals surface area contributed by atoms with Gasteiger partial charge in [-0.05, 0) is 27.7 Å². The molecule has 0 aromatic rings. The molecule has 0 bridgehead atoms. The van der Waals surface area contributed by atoms with Crippen LogP contribution in [0.4, 0.5) is 0 Å². The molecule has 1 aliphatic rings. The molecule has 0 aromatic heterocycles. The van der Waals surface area contributed by atoms with Gasteiger partial charge in [-0.3, -0.25) is 9.80 Å². The Morgan fingerprint density at radius 3 is 2.11 bits per heavy atom. The number of nitrogens with zero attached hydrogens (tertiary/aromatic N) is 2. The van der Waals surface area contributed by atoms with E-state index >= 15 is 0 Å². The molecule has 114 valence electrons. The normalized spacial score (nSPS) is 20.1. The van der Waals surface area contributed by atoms with Gasteiger partial charge in [-0.15, -0.1) is 0 Å². The van der Waals surface area contributed by atoms with Gasteiger partial charge in [0.2, 0.25) is 0 Å². The van der Waals surface area contributed by atoms with Gasteiger partial charge in [0, 0.05) is 44.8 Å². The lowest BCUT2D eigenvalue weighted by molar-refractivity contribution is 0.0594. The molecule has 0 aromatic carbocycles. The summed E-state index contributed by atoms with van der Waals surface area (Å²) in [5.74, 6) is 0.269. The van der Waals surface area contributed by atoms with Crippen molar-refractivity contribution in [3.63, 3.8) is 0 Å². The van der Waals surface area contributed by atoms with Crippen molar-refractivity contribution in [2.45, 2.75) is 38.5 Å². The lowest BCUT2D eigenvalue weighted by atomic mass is 10.0. The average molecular weight is 291 g/mol. The van der Waals surface area contributed by atoms with E-state index in [9.17, 15) is 8.42 Å². The molecule has 1 saturated heterocycles. The van der Waals surface area contributed by atoms with Crippen molar-refractivity contribution in [3.05, 3.63) is 0 Å². The zero-order valence-corrected chi connectivity index (χ0v) is 13.5. The summed E-state index contributed by atoms with van der Waals surface area (Å²) < 4.78 is 23.6. The Balaban J connectivity index is 2.40. The summed E-state index contributed by atoms with van der Waals surface area (Å²) in [7, 11) is -2.92. The number of rotatable bonds is 6. The fourth-order valence-corrected chi connectivity index (χ4v) is 3.18. The molecule has 1 aliphatic heterocycles. The minimum absolute atomic E-state index is 0.0378. The van der Waals surface area contributed by atoms with Gasteiger partial charge in [0.15, 0.2) is 9.84 Å². The highest BCUT2D eigenvalue weighted by Gasteiger charge is 2.29. The molecule has 0 spiro atoms. The second kappa shape index (κ2) is 6.52. The topological polar surface area (TPSA) is 66.6 Å². The highest BCUT2D eigenvalue weighted by Crippen LogP contribution is 2.15. The zero-order valence-electron chi connectivity index (χ0n) is 12.7. The van der Waals surface area contributed by atoms with Crippen molar-refractivity contribution in [1.82, 2.24) is 9.80 Å². The largest absolute Gasteiger partial charge is 0.329 e. The molecule has 1 fully saturated rings. The molecule has 0 amide bonds. The van der Waals surface area contributed by atoms with Gasteiger partial charge in [-0.1, -0.05) is 0 Å². The summed E-state index contributed by atoms with van der Waals surface area (Å²) in [6, 6.07) is 0. The number of hydrogen-bond acceptors (Lipinski definition) is 5. The molecule has 0 aliphatic carbocycles. The van der Waals surface area contributed by atoms with E-state index < -0.39 is 9.84 Å². The Morgan fingerprint density at radius 2 is 1.68 bits per heavy atom. The maximum Gasteiger partial charge on any atom is 0.153 e. The molecule has 1 heterocycles. The molecule has 1 rings (SSSR count). The average Bonchev–Trinajstić information content (AvgIpc) is 2.37. The fraction of sp³-hybridized carbons (Fsp3) is 1.00. The Bertz CT molecular complexity index is 371. The van der Waals surface area contributed by atoms with Crippen LogP contribution in [0.3, 0.4) is 0 Å². The van der Waals surface area contributed by atoms with Crippen LogP contribution in [0.15, 0.2) is 0 Å². The van der Waals surface area contributed by atoms with E-state index in [1.807, 2.05) is 0 Å². The summed E-state index contributed by atoms with van der Waals surface area (Å²) >= 11 is 0.